The monoisotopic (exact) mass is 454 g/mol. The first-order valence-electron chi connectivity index (χ1n) is 9.18. The number of carbonyl (C=O) groups is 1. The molecule has 3 heterocycles. The largest absolute Gasteiger partial charge is 0.355 e. The predicted octanol–water partition coefficient (Wildman–Crippen LogP) is 4.13. The first-order valence-corrected chi connectivity index (χ1v) is 12.0. The molecule has 0 aliphatic rings. The topological polar surface area (TPSA) is 115 Å². The molecule has 1 N–H and O–H groups in total. The number of pyridine rings is 1. The van der Waals surface area contributed by atoms with Gasteiger partial charge in [-0.3, -0.25) is 15.1 Å². The van der Waals surface area contributed by atoms with Crippen LogP contribution in [-0.2, 0) is 9.84 Å². The number of amides is 1. The van der Waals surface area contributed by atoms with E-state index in [1.54, 1.807) is 12.1 Å². The number of aromatic nitrogens is 3. The molecule has 8 nitrogen and oxygen atoms in total. The van der Waals surface area contributed by atoms with Crippen molar-refractivity contribution in [2.75, 3.05) is 11.6 Å². The molecule has 0 unspecified atom stereocenters. The van der Waals surface area contributed by atoms with Crippen LogP contribution in [0, 0.1) is 13.8 Å². The highest BCUT2D eigenvalue weighted by Gasteiger charge is 2.20. The van der Waals surface area contributed by atoms with Gasteiger partial charge in [0.2, 0.25) is 0 Å². The van der Waals surface area contributed by atoms with Crippen molar-refractivity contribution in [1.29, 1.82) is 0 Å². The average molecular weight is 455 g/mol. The van der Waals surface area contributed by atoms with Crippen LogP contribution in [0.4, 0.5) is 5.13 Å². The van der Waals surface area contributed by atoms with E-state index in [0.717, 1.165) is 23.2 Å². The summed E-state index contributed by atoms with van der Waals surface area (Å²) >= 11 is 1.29. The standard InChI is InChI=1S/C21H18N4O4S2/c1-12-8-13(2)23-17(9-12)18-11-30-21(24-18)25-20(26)16-10-22-29-19(16)14-4-6-15(7-5-14)31(3,27)28/h4-11H,1-3H3,(H,24,25,26). The van der Waals surface area contributed by atoms with Gasteiger partial charge in [0, 0.05) is 22.9 Å². The van der Waals surface area contributed by atoms with Gasteiger partial charge < -0.3 is 4.52 Å². The quantitative estimate of drug-likeness (QED) is 0.482. The number of carbonyl (C=O) groups excluding carboxylic acids is 1. The van der Waals surface area contributed by atoms with Gasteiger partial charge in [-0.1, -0.05) is 5.16 Å². The summed E-state index contributed by atoms with van der Waals surface area (Å²) in [5, 5.41) is 8.72. The van der Waals surface area contributed by atoms with E-state index >= 15 is 0 Å². The van der Waals surface area contributed by atoms with E-state index in [4.69, 9.17) is 4.52 Å². The Morgan fingerprint density at radius 2 is 1.81 bits per heavy atom. The minimum absolute atomic E-state index is 0.178. The van der Waals surface area contributed by atoms with Crippen LogP contribution in [0.1, 0.15) is 21.6 Å². The molecule has 4 rings (SSSR count). The minimum Gasteiger partial charge on any atom is -0.355 e. The van der Waals surface area contributed by atoms with E-state index in [0.29, 0.717) is 16.4 Å². The first-order chi connectivity index (χ1) is 14.7. The molecule has 0 atom stereocenters. The average Bonchev–Trinajstić information content (AvgIpc) is 3.36. The lowest BCUT2D eigenvalue weighted by Gasteiger charge is -2.03. The predicted molar refractivity (Wildman–Crippen MR) is 118 cm³/mol. The zero-order valence-corrected chi connectivity index (χ0v) is 18.5. The van der Waals surface area contributed by atoms with Crippen LogP contribution in [0.5, 0.6) is 0 Å². The molecule has 10 heteroatoms. The van der Waals surface area contributed by atoms with Gasteiger partial charge in [-0.25, -0.2) is 13.4 Å². The lowest BCUT2D eigenvalue weighted by Crippen LogP contribution is -2.12. The number of benzene rings is 1. The van der Waals surface area contributed by atoms with Gasteiger partial charge >= 0.3 is 0 Å². The van der Waals surface area contributed by atoms with E-state index in [1.807, 2.05) is 31.4 Å². The third kappa shape index (κ3) is 4.54. The first kappa shape index (κ1) is 20.9. The Balaban J connectivity index is 1.56. The van der Waals surface area contributed by atoms with Crippen molar-refractivity contribution in [2.24, 2.45) is 0 Å². The lowest BCUT2D eigenvalue weighted by atomic mass is 10.1. The fourth-order valence-corrected chi connectivity index (χ4v) is 4.38. The highest BCUT2D eigenvalue weighted by Crippen LogP contribution is 2.28. The molecule has 1 aromatic carbocycles. The SMILES string of the molecule is Cc1cc(C)nc(-c2csc(NC(=O)c3cnoc3-c3ccc(S(C)(=O)=O)cc3)n2)c1. The molecule has 3 aromatic heterocycles. The van der Waals surface area contributed by atoms with Gasteiger partial charge in [-0.15, -0.1) is 11.3 Å². The van der Waals surface area contributed by atoms with E-state index in [-0.39, 0.29) is 16.2 Å². The van der Waals surface area contributed by atoms with Crippen LogP contribution in [0.2, 0.25) is 0 Å². The van der Waals surface area contributed by atoms with E-state index in [9.17, 15) is 13.2 Å². The molecular formula is C21H18N4O4S2. The zero-order valence-electron chi connectivity index (χ0n) is 16.9. The van der Waals surface area contributed by atoms with Crippen molar-refractivity contribution in [2.45, 2.75) is 18.7 Å². The van der Waals surface area contributed by atoms with Crippen LogP contribution in [-0.4, -0.2) is 35.7 Å². The fraction of sp³-hybridized carbons (Fsp3) is 0.143. The number of thiazole rings is 1. The summed E-state index contributed by atoms with van der Waals surface area (Å²) in [6.07, 6.45) is 2.44. The molecule has 158 valence electrons. The van der Waals surface area contributed by atoms with Crippen LogP contribution in [0.15, 0.2) is 57.4 Å². The summed E-state index contributed by atoms with van der Waals surface area (Å²) in [5.74, 6) is -0.192. The van der Waals surface area contributed by atoms with Gasteiger partial charge in [-0.05, 0) is 55.8 Å². The molecule has 0 saturated carbocycles. The molecule has 0 bridgehead atoms. The molecule has 0 radical (unpaired) electrons. The number of sulfone groups is 1. The van der Waals surface area contributed by atoms with E-state index in [1.165, 1.54) is 29.7 Å². The number of rotatable bonds is 5. The fourth-order valence-electron chi connectivity index (χ4n) is 3.05. The third-order valence-corrected chi connectivity index (χ3v) is 6.33. The Morgan fingerprint density at radius 1 is 1.06 bits per heavy atom. The van der Waals surface area contributed by atoms with Crippen LogP contribution in [0.25, 0.3) is 22.7 Å². The van der Waals surface area contributed by atoms with Crippen molar-refractivity contribution in [3.63, 3.8) is 0 Å². The van der Waals surface area contributed by atoms with Crippen LogP contribution >= 0.6 is 11.3 Å². The molecule has 0 aliphatic carbocycles. The van der Waals surface area contributed by atoms with Gasteiger partial charge in [0.05, 0.1) is 16.8 Å². The molecule has 0 aliphatic heterocycles. The smallest absolute Gasteiger partial charge is 0.263 e. The number of nitrogens with one attached hydrogen (secondary N) is 1. The van der Waals surface area contributed by atoms with Crippen molar-refractivity contribution in [3.8, 4) is 22.7 Å². The molecule has 0 spiro atoms. The van der Waals surface area contributed by atoms with Crippen LogP contribution in [0.3, 0.4) is 0 Å². The van der Waals surface area contributed by atoms with Gasteiger partial charge in [0.25, 0.3) is 5.91 Å². The van der Waals surface area contributed by atoms with Crippen molar-refractivity contribution in [1.82, 2.24) is 15.1 Å². The summed E-state index contributed by atoms with van der Waals surface area (Å²) < 4.78 is 28.5. The number of anilines is 1. The second kappa shape index (κ2) is 8.05. The molecule has 31 heavy (non-hydrogen) atoms. The normalized spacial score (nSPS) is 11.5. The maximum Gasteiger partial charge on any atom is 0.263 e. The highest BCUT2D eigenvalue weighted by molar-refractivity contribution is 7.90. The Bertz CT molecular complexity index is 1350. The Hall–Kier alpha value is -3.37. The molecule has 0 saturated heterocycles. The second-order valence-corrected chi connectivity index (χ2v) is 9.90. The molecule has 0 fully saturated rings. The van der Waals surface area contributed by atoms with Gasteiger partial charge in [-0.2, -0.15) is 0 Å². The Labute approximate surface area is 182 Å². The number of hydrogen-bond acceptors (Lipinski definition) is 8. The van der Waals surface area contributed by atoms with Crippen LogP contribution < -0.4 is 5.32 Å². The van der Waals surface area contributed by atoms with Gasteiger partial charge in [0.1, 0.15) is 11.3 Å². The maximum atomic E-state index is 12.8. The van der Waals surface area contributed by atoms with Crippen molar-refractivity contribution >= 4 is 32.2 Å². The summed E-state index contributed by atoms with van der Waals surface area (Å²) in [6.45, 7) is 3.91. The maximum absolute atomic E-state index is 12.8. The second-order valence-electron chi connectivity index (χ2n) is 7.03. The molecule has 1 amide bonds. The number of nitrogens with zero attached hydrogens (tertiary/aromatic N) is 3. The third-order valence-electron chi connectivity index (χ3n) is 4.44. The van der Waals surface area contributed by atoms with Gasteiger partial charge in [0.15, 0.2) is 20.7 Å². The van der Waals surface area contributed by atoms with E-state index < -0.39 is 15.7 Å². The Kier molecular flexibility index (Phi) is 5.42. The summed E-state index contributed by atoms with van der Waals surface area (Å²) in [4.78, 5) is 21.9. The van der Waals surface area contributed by atoms with E-state index in [2.05, 4.69) is 20.4 Å². The Morgan fingerprint density at radius 3 is 2.48 bits per heavy atom. The molecular weight excluding hydrogens is 436 g/mol. The van der Waals surface area contributed by atoms with Crippen molar-refractivity contribution < 1.29 is 17.7 Å². The minimum atomic E-state index is -3.32. The summed E-state index contributed by atoms with van der Waals surface area (Å²) in [5.41, 5.74) is 4.14. The summed E-state index contributed by atoms with van der Waals surface area (Å²) in [6, 6.07) is 9.97. The number of hydrogen-bond donors (Lipinski definition) is 1. The number of aryl methyl sites for hydroxylation is 2. The molecule has 4 aromatic rings. The highest BCUT2D eigenvalue weighted by atomic mass is 32.2. The lowest BCUT2D eigenvalue weighted by molar-refractivity contribution is 0.102. The zero-order chi connectivity index (χ0) is 22.2. The summed E-state index contributed by atoms with van der Waals surface area (Å²) in [7, 11) is -3.32. The van der Waals surface area contributed by atoms with Crippen molar-refractivity contribution in [3.05, 3.63) is 64.8 Å².